The third-order valence-corrected chi connectivity index (χ3v) is 2.03. The fraction of sp³-hybridized carbons (Fsp3) is 0.182. The van der Waals surface area contributed by atoms with E-state index in [1.807, 2.05) is 12.1 Å². The van der Waals surface area contributed by atoms with Gasteiger partial charge in [-0.1, -0.05) is 5.16 Å². The number of aliphatic hydroxyl groups is 1. The average Bonchev–Trinajstić information content (AvgIpc) is 2.74. The van der Waals surface area contributed by atoms with Crippen LogP contribution in [-0.4, -0.2) is 23.5 Å². The maximum atomic E-state index is 8.60. The summed E-state index contributed by atoms with van der Waals surface area (Å²) in [5.74, 6) is 1.67. The number of rotatable bonds is 4. The van der Waals surface area contributed by atoms with Gasteiger partial charge in [0.25, 0.3) is 0 Å². The Morgan fingerprint density at radius 2 is 2.06 bits per heavy atom. The second kappa shape index (κ2) is 4.67. The van der Waals surface area contributed by atoms with Crippen molar-refractivity contribution in [3.8, 4) is 17.1 Å². The molecule has 5 nitrogen and oxygen atoms in total. The first kappa shape index (κ1) is 10.5. The summed E-state index contributed by atoms with van der Waals surface area (Å²) in [4.78, 5) is 0. The van der Waals surface area contributed by atoms with Crippen molar-refractivity contribution < 1.29 is 14.4 Å². The van der Waals surface area contributed by atoms with Crippen LogP contribution in [0.25, 0.3) is 11.3 Å². The van der Waals surface area contributed by atoms with Gasteiger partial charge < -0.3 is 20.1 Å². The van der Waals surface area contributed by atoms with Crippen LogP contribution in [-0.2, 0) is 0 Å². The molecule has 3 N–H and O–H groups in total. The van der Waals surface area contributed by atoms with Crippen LogP contribution in [0.3, 0.4) is 0 Å². The number of aromatic nitrogens is 1. The van der Waals surface area contributed by atoms with Gasteiger partial charge in [-0.15, -0.1) is 0 Å². The zero-order chi connectivity index (χ0) is 11.4. The summed E-state index contributed by atoms with van der Waals surface area (Å²) in [6, 6.07) is 8.93. The summed E-state index contributed by atoms with van der Waals surface area (Å²) in [6.07, 6.45) is 0. The summed E-state index contributed by atoms with van der Waals surface area (Å²) in [7, 11) is 0. The highest BCUT2D eigenvalue weighted by Gasteiger charge is 2.04. The Morgan fingerprint density at radius 1 is 1.31 bits per heavy atom. The van der Waals surface area contributed by atoms with Crippen molar-refractivity contribution in [3.63, 3.8) is 0 Å². The molecular weight excluding hydrogens is 208 g/mol. The van der Waals surface area contributed by atoms with Gasteiger partial charge in [0.1, 0.15) is 12.4 Å². The minimum atomic E-state index is 0.000386. The smallest absolute Gasteiger partial charge is 0.169 e. The number of nitrogens with two attached hydrogens (primary N) is 1. The molecule has 0 fully saturated rings. The molecule has 1 aromatic carbocycles. The van der Waals surface area contributed by atoms with Gasteiger partial charge in [-0.2, -0.15) is 0 Å². The van der Waals surface area contributed by atoms with Crippen LogP contribution >= 0.6 is 0 Å². The second-order valence-corrected chi connectivity index (χ2v) is 3.21. The molecule has 5 heteroatoms. The van der Waals surface area contributed by atoms with Gasteiger partial charge in [-0.05, 0) is 24.3 Å². The van der Waals surface area contributed by atoms with Crippen molar-refractivity contribution in [2.75, 3.05) is 18.9 Å². The predicted octanol–water partition coefficient (Wildman–Crippen LogP) is 1.29. The number of hydrogen-bond donors (Lipinski definition) is 2. The van der Waals surface area contributed by atoms with E-state index >= 15 is 0 Å². The maximum absolute atomic E-state index is 8.60. The first-order valence-corrected chi connectivity index (χ1v) is 4.86. The van der Waals surface area contributed by atoms with Gasteiger partial charge in [-0.3, -0.25) is 0 Å². The van der Waals surface area contributed by atoms with Crippen molar-refractivity contribution >= 4 is 5.82 Å². The van der Waals surface area contributed by atoms with E-state index in [4.69, 9.17) is 20.1 Å². The molecule has 1 aromatic heterocycles. The molecule has 84 valence electrons. The van der Waals surface area contributed by atoms with Crippen LogP contribution in [0.15, 0.2) is 34.9 Å². The zero-order valence-corrected chi connectivity index (χ0v) is 8.59. The molecule has 0 spiro atoms. The van der Waals surface area contributed by atoms with E-state index in [-0.39, 0.29) is 13.2 Å². The molecule has 0 saturated heterocycles. The first-order chi connectivity index (χ1) is 7.79. The van der Waals surface area contributed by atoms with Crippen LogP contribution < -0.4 is 10.5 Å². The molecule has 0 aliphatic rings. The Kier molecular flexibility index (Phi) is 3.07. The number of ether oxygens (including phenoxy) is 1. The van der Waals surface area contributed by atoms with Crippen molar-refractivity contribution in [1.29, 1.82) is 0 Å². The molecule has 0 unspecified atom stereocenters. The topological polar surface area (TPSA) is 81.5 Å². The third-order valence-electron chi connectivity index (χ3n) is 2.03. The lowest BCUT2D eigenvalue weighted by Gasteiger charge is -2.03. The van der Waals surface area contributed by atoms with Crippen LogP contribution in [0.4, 0.5) is 5.82 Å². The largest absolute Gasteiger partial charge is 0.491 e. The van der Waals surface area contributed by atoms with E-state index in [1.165, 1.54) is 0 Å². The third kappa shape index (κ3) is 2.32. The molecule has 0 amide bonds. The Balaban J connectivity index is 2.13. The van der Waals surface area contributed by atoms with E-state index in [0.29, 0.717) is 17.3 Å². The van der Waals surface area contributed by atoms with Crippen molar-refractivity contribution in [3.05, 3.63) is 30.3 Å². The van der Waals surface area contributed by atoms with Crippen LogP contribution in [0.1, 0.15) is 0 Å². The number of anilines is 1. The van der Waals surface area contributed by atoms with Crippen molar-refractivity contribution in [2.24, 2.45) is 0 Å². The quantitative estimate of drug-likeness (QED) is 0.811. The molecular formula is C11H12N2O3. The van der Waals surface area contributed by atoms with E-state index in [0.717, 1.165) is 5.56 Å². The van der Waals surface area contributed by atoms with Crippen LogP contribution in [0.2, 0.25) is 0 Å². The molecule has 1 heterocycles. The molecule has 2 rings (SSSR count). The Bertz CT molecular complexity index is 451. The molecule has 0 bridgehead atoms. The Labute approximate surface area is 92.4 Å². The highest BCUT2D eigenvalue weighted by atomic mass is 16.5. The average molecular weight is 220 g/mol. The highest BCUT2D eigenvalue weighted by Crippen LogP contribution is 2.23. The van der Waals surface area contributed by atoms with E-state index < -0.39 is 0 Å². The number of nitrogen functional groups attached to an aromatic ring is 1. The molecule has 2 aromatic rings. The van der Waals surface area contributed by atoms with Gasteiger partial charge in [0.2, 0.25) is 0 Å². The van der Waals surface area contributed by atoms with Crippen LogP contribution in [0.5, 0.6) is 5.75 Å². The molecule has 0 aliphatic heterocycles. The van der Waals surface area contributed by atoms with E-state index in [1.54, 1.807) is 18.2 Å². The van der Waals surface area contributed by atoms with Gasteiger partial charge in [0, 0.05) is 11.6 Å². The van der Waals surface area contributed by atoms with Gasteiger partial charge >= 0.3 is 0 Å². The number of nitrogens with zero attached hydrogens (tertiary/aromatic N) is 1. The second-order valence-electron chi connectivity index (χ2n) is 3.21. The minimum Gasteiger partial charge on any atom is -0.491 e. The fourth-order valence-electron chi connectivity index (χ4n) is 1.30. The predicted molar refractivity (Wildman–Crippen MR) is 58.9 cm³/mol. The summed E-state index contributed by atoms with van der Waals surface area (Å²) >= 11 is 0. The van der Waals surface area contributed by atoms with Crippen LogP contribution in [0, 0.1) is 0 Å². The summed E-state index contributed by atoms with van der Waals surface area (Å²) < 4.78 is 10.2. The standard InChI is InChI=1S/C11H12N2O3/c12-11-7-10(16-13-11)8-1-3-9(4-2-8)15-6-5-14/h1-4,7,14H,5-6H2,(H2,12,13). The summed E-state index contributed by atoms with van der Waals surface area (Å²) in [6.45, 7) is 0.287. The minimum absolute atomic E-state index is 0.000386. The number of benzene rings is 1. The lowest BCUT2D eigenvalue weighted by atomic mass is 10.2. The summed E-state index contributed by atoms with van der Waals surface area (Å²) in [5.41, 5.74) is 6.33. The lowest BCUT2D eigenvalue weighted by Crippen LogP contribution is -2.01. The molecule has 0 radical (unpaired) electrons. The first-order valence-electron chi connectivity index (χ1n) is 4.86. The molecule has 0 saturated carbocycles. The Hall–Kier alpha value is -2.01. The summed E-state index contributed by atoms with van der Waals surface area (Å²) in [5, 5.41) is 12.2. The molecule has 0 aliphatic carbocycles. The Morgan fingerprint density at radius 3 is 2.62 bits per heavy atom. The lowest BCUT2D eigenvalue weighted by molar-refractivity contribution is 0.201. The monoisotopic (exact) mass is 220 g/mol. The fourth-order valence-corrected chi connectivity index (χ4v) is 1.30. The van der Waals surface area contributed by atoms with Crippen molar-refractivity contribution in [2.45, 2.75) is 0 Å². The maximum Gasteiger partial charge on any atom is 0.169 e. The normalized spacial score (nSPS) is 10.3. The van der Waals surface area contributed by atoms with Gasteiger partial charge in [-0.25, -0.2) is 0 Å². The van der Waals surface area contributed by atoms with Crippen molar-refractivity contribution in [1.82, 2.24) is 5.16 Å². The SMILES string of the molecule is Nc1cc(-c2ccc(OCCO)cc2)on1. The number of aliphatic hydroxyl groups excluding tert-OH is 1. The van der Waals surface area contributed by atoms with E-state index in [9.17, 15) is 0 Å². The zero-order valence-electron chi connectivity index (χ0n) is 8.59. The van der Waals surface area contributed by atoms with E-state index in [2.05, 4.69) is 5.16 Å². The highest BCUT2D eigenvalue weighted by molar-refractivity contribution is 5.60. The molecule has 16 heavy (non-hydrogen) atoms. The van der Waals surface area contributed by atoms with Gasteiger partial charge in [0.05, 0.1) is 6.61 Å². The number of hydrogen-bond acceptors (Lipinski definition) is 5. The van der Waals surface area contributed by atoms with Gasteiger partial charge in [0.15, 0.2) is 11.6 Å². The molecule has 0 atom stereocenters.